The molecule has 1 aromatic heterocycles. The summed E-state index contributed by atoms with van der Waals surface area (Å²) in [5.74, 6) is 6.68. The van der Waals surface area contributed by atoms with Gasteiger partial charge in [0.05, 0.1) is 33.6 Å². The van der Waals surface area contributed by atoms with Crippen LogP contribution < -0.4 is 10.0 Å². The molecule has 0 atom stereocenters. The molecule has 0 radical (unpaired) electrons. The van der Waals surface area contributed by atoms with Gasteiger partial charge in [-0.3, -0.25) is 9.62 Å². The van der Waals surface area contributed by atoms with Crippen molar-refractivity contribution in [3.63, 3.8) is 0 Å². The second-order valence-corrected chi connectivity index (χ2v) is 11.7. The molecule has 1 aliphatic rings. The quantitative estimate of drug-likeness (QED) is 0.406. The van der Waals surface area contributed by atoms with Crippen molar-refractivity contribution in [2.24, 2.45) is 0 Å². The Kier molecular flexibility index (Phi) is 8.43. The van der Waals surface area contributed by atoms with Gasteiger partial charge in [0.1, 0.15) is 18.0 Å². The molecule has 2 aromatic carbocycles. The van der Waals surface area contributed by atoms with Gasteiger partial charge in [-0.05, 0) is 50.2 Å². The molecule has 1 saturated heterocycles. The number of hydrogen-bond acceptors (Lipinski definition) is 7. The summed E-state index contributed by atoms with van der Waals surface area (Å²) in [5, 5.41) is 3.66. The summed E-state index contributed by atoms with van der Waals surface area (Å²) < 4.78 is 40.7. The molecule has 2 heterocycles. The van der Waals surface area contributed by atoms with Gasteiger partial charge in [-0.15, -0.1) is 0 Å². The van der Waals surface area contributed by atoms with Crippen molar-refractivity contribution in [3.8, 4) is 11.8 Å². The van der Waals surface area contributed by atoms with Crippen LogP contribution in [0.5, 0.6) is 0 Å². The van der Waals surface area contributed by atoms with E-state index in [1.165, 1.54) is 24.5 Å². The Hall–Kier alpha value is -2.97. The predicted molar refractivity (Wildman–Crippen MR) is 152 cm³/mol. The number of nitrogens with one attached hydrogen (secondary N) is 2. The molecule has 3 aromatic rings. The van der Waals surface area contributed by atoms with Crippen molar-refractivity contribution in [1.82, 2.24) is 19.8 Å². The molecule has 202 valence electrons. The van der Waals surface area contributed by atoms with E-state index in [-0.39, 0.29) is 10.6 Å². The third kappa shape index (κ3) is 6.35. The van der Waals surface area contributed by atoms with E-state index >= 15 is 0 Å². The third-order valence-electron chi connectivity index (χ3n) is 6.96. The van der Waals surface area contributed by atoms with Gasteiger partial charge in [0.15, 0.2) is 0 Å². The number of piperazine rings is 1. The molecule has 0 saturated carbocycles. The summed E-state index contributed by atoms with van der Waals surface area (Å²) >= 11 is 5.93. The van der Waals surface area contributed by atoms with Crippen molar-refractivity contribution in [2.45, 2.75) is 32.2 Å². The van der Waals surface area contributed by atoms with Crippen LogP contribution in [0.4, 0.5) is 21.6 Å². The zero-order chi connectivity index (χ0) is 27.5. The Morgan fingerprint density at radius 2 is 1.82 bits per heavy atom. The van der Waals surface area contributed by atoms with Crippen molar-refractivity contribution in [1.29, 1.82) is 0 Å². The van der Waals surface area contributed by atoms with Crippen molar-refractivity contribution in [3.05, 3.63) is 53.1 Å². The Bertz CT molecular complexity index is 1490. The van der Waals surface area contributed by atoms with E-state index in [1.807, 2.05) is 0 Å². The standard InChI is InChI=1S/C27H32ClFN6O2S/c1-5-27(6-2,35-13-11-34(3)12-14-35)10-9-19-15-25-21(17-24(19)33-38(4,36)37)26(31-18-30-25)32-20-7-8-23(29)22(28)16-20/h7-8,15-18,33H,5-6,11-14H2,1-4H3,(H,30,31,32). The highest BCUT2D eigenvalue weighted by Gasteiger charge is 2.33. The van der Waals surface area contributed by atoms with Crippen molar-refractivity contribution < 1.29 is 12.8 Å². The number of nitrogens with zero attached hydrogens (tertiary/aromatic N) is 4. The van der Waals surface area contributed by atoms with Gasteiger partial charge in [-0.25, -0.2) is 22.8 Å². The number of anilines is 3. The van der Waals surface area contributed by atoms with E-state index < -0.39 is 15.8 Å². The largest absolute Gasteiger partial charge is 0.340 e. The van der Waals surface area contributed by atoms with Crippen LogP contribution in [0.25, 0.3) is 10.9 Å². The van der Waals surface area contributed by atoms with Crippen LogP contribution in [-0.2, 0) is 10.0 Å². The maximum atomic E-state index is 13.6. The summed E-state index contributed by atoms with van der Waals surface area (Å²) in [6.45, 7) is 8.08. The lowest BCUT2D eigenvalue weighted by Gasteiger charge is -2.43. The summed E-state index contributed by atoms with van der Waals surface area (Å²) in [4.78, 5) is 13.5. The lowest BCUT2D eigenvalue weighted by Crippen LogP contribution is -2.55. The van der Waals surface area contributed by atoms with Gasteiger partial charge in [0.25, 0.3) is 0 Å². The van der Waals surface area contributed by atoms with Crippen LogP contribution in [0.3, 0.4) is 0 Å². The molecule has 4 rings (SSSR count). The van der Waals surface area contributed by atoms with Crippen molar-refractivity contribution in [2.75, 3.05) is 49.5 Å². The molecule has 0 spiro atoms. The molecule has 0 unspecified atom stereocenters. The van der Waals surface area contributed by atoms with Crippen LogP contribution in [0.15, 0.2) is 36.7 Å². The minimum atomic E-state index is -3.60. The first-order valence-electron chi connectivity index (χ1n) is 12.5. The number of halogens is 2. The summed E-state index contributed by atoms with van der Waals surface area (Å²) in [6, 6.07) is 7.68. The van der Waals surface area contributed by atoms with Crippen LogP contribution in [0.2, 0.25) is 5.02 Å². The fourth-order valence-electron chi connectivity index (χ4n) is 4.67. The number of rotatable bonds is 7. The Labute approximate surface area is 228 Å². The van der Waals surface area contributed by atoms with Crippen molar-refractivity contribution >= 4 is 49.7 Å². The summed E-state index contributed by atoms with van der Waals surface area (Å²) in [7, 11) is -1.47. The molecule has 0 bridgehead atoms. The monoisotopic (exact) mass is 558 g/mol. The van der Waals surface area contributed by atoms with Gasteiger partial charge < -0.3 is 10.2 Å². The molecule has 0 aliphatic carbocycles. The molecule has 11 heteroatoms. The maximum absolute atomic E-state index is 13.6. The minimum Gasteiger partial charge on any atom is -0.340 e. The minimum absolute atomic E-state index is 0.0268. The maximum Gasteiger partial charge on any atom is 0.229 e. The normalized spacial score (nSPS) is 15.2. The number of likely N-dealkylation sites (N-methyl/N-ethyl adjacent to an activating group) is 1. The molecule has 38 heavy (non-hydrogen) atoms. The van der Waals surface area contributed by atoms with Crippen LogP contribution in [0, 0.1) is 17.7 Å². The lowest BCUT2D eigenvalue weighted by molar-refractivity contribution is 0.0696. The first-order chi connectivity index (χ1) is 18.0. The molecule has 2 N–H and O–H groups in total. The molecule has 1 aliphatic heterocycles. The predicted octanol–water partition coefficient (Wildman–Crippen LogP) is 4.70. The topological polar surface area (TPSA) is 90.5 Å². The van der Waals surface area contributed by atoms with E-state index in [0.717, 1.165) is 45.3 Å². The number of hydrogen-bond donors (Lipinski definition) is 2. The highest BCUT2D eigenvalue weighted by Crippen LogP contribution is 2.31. The van der Waals surface area contributed by atoms with Gasteiger partial charge in [0, 0.05) is 37.3 Å². The fourth-order valence-corrected chi connectivity index (χ4v) is 5.42. The van der Waals surface area contributed by atoms with Crippen LogP contribution in [-0.4, -0.2) is 73.2 Å². The Morgan fingerprint density at radius 1 is 1.11 bits per heavy atom. The summed E-state index contributed by atoms with van der Waals surface area (Å²) in [6.07, 6.45) is 4.20. The summed E-state index contributed by atoms with van der Waals surface area (Å²) in [5.41, 5.74) is 1.65. The lowest BCUT2D eigenvalue weighted by atomic mass is 9.90. The number of benzene rings is 2. The Morgan fingerprint density at radius 3 is 2.45 bits per heavy atom. The highest BCUT2D eigenvalue weighted by molar-refractivity contribution is 7.92. The molecule has 1 fully saturated rings. The Balaban J connectivity index is 1.79. The SMILES string of the molecule is CCC(C#Cc1cc2ncnc(Nc3ccc(F)c(Cl)c3)c2cc1NS(C)(=O)=O)(CC)N1CCN(C)CC1. The number of sulfonamides is 1. The zero-order valence-electron chi connectivity index (χ0n) is 22.0. The third-order valence-corrected chi connectivity index (χ3v) is 7.84. The smallest absolute Gasteiger partial charge is 0.229 e. The average molecular weight is 559 g/mol. The van der Waals surface area contributed by atoms with Gasteiger partial charge in [-0.1, -0.05) is 37.3 Å². The number of fused-ring (bicyclic) bond motifs is 1. The van der Waals surface area contributed by atoms with Gasteiger partial charge in [-0.2, -0.15) is 0 Å². The highest BCUT2D eigenvalue weighted by atomic mass is 35.5. The fraction of sp³-hybridized carbons (Fsp3) is 0.407. The molecular weight excluding hydrogens is 527 g/mol. The zero-order valence-corrected chi connectivity index (χ0v) is 23.5. The average Bonchev–Trinajstić information content (AvgIpc) is 2.87. The van der Waals surface area contributed by atoms with Crippen LogP contribution >= 0.6 is 11.6 Å². The van der Waals surface area contributed by atoms with E-state index in [0.29, 0.717) is 33.7 Å². The molecular formula is C27H32ClFN6O2S. The second kappa shape index (κ2) is 11.4. The second-order valence-electron chi connectivity index (χ2n) is 9.54. The van der Waals surface area contributed by atoms with Gasteiger partial charge in [0.2, 0.25) is 10.0 Å². The number of aromatic nitrogens is 2. The molecule has 8 nitrogen and oxygen atoms in total. The van der Waals surface area contributed by atoms with E-state index in [9.17, 15) is 12.8 Å². The van der Waals surface area contributed by atoms with Crippen LogP contribution in [0.1, 0.15) is 32.3 Å². The first kappa shape index (κ1) is 28.0. The molecule has 0 amide bonds. The van der Waals surface area contributed by atoms with E-state index in [1.54, 1.807) is 12.1 Å². The van der Waals surface area contributed by atoms with Gasteiger partial charge >= 0.3 is 0 Å². The first-order valence-corrected chi connectivity index (χ1v) is 14.8. The van der Waals surface area contributed by atoms with E-state index in [4.69, 9.17) is 11.6 Å². The van der Waals surface area contributed by atoms with E-state index in [2.05, 4.69) is 62.5 Å².